The van der Waals surface area contributed by atoms with Crippen molar-refractivity contribution in [1.82, 2.24) is 19.5 Å². The van der Waals surface area contributed by atoms with Crippen molar-refractivity contribution in [3.63, 3.8) is 0 Å². The molecule has 0 radical (unpaired) electrons. The van der Waals surface area contributed by atoms with Crippen molar-refractivity contribution >= 4 is 45.4 Å². The Morgan fingerprint density at radius 3 is 2.36 bits per heavy atom. The standard InChI is InChI=1S/C35H30N6O6/c1-3-47-34(45)23-12-14-24(15-13-23)37-35(46)36-19-22-16-17-40(20-22)28-18-29-30(27-11-7-6-10-26(27)28)38-32(43)33(44)41(29)39-31(42)25-9-5-4-8-21(25)2/h4-18,20H,3,19H2,1-2H3,(H,38,43)(H,39,42)(H2,36,37,46). The van der Waals surface area contributed by atoms with E-state index in [4.69, 9.17) is 4.74 Å². The minimum absolute atomic E-state index is 0.204. The summed E-state index contributed by atoms with van der Waals surface area (Å²) in [6, 6.07) is 23.9. The van der Waals surface area contributed by atoms with E-state index >= 15 is 0 Å². The minimum Gasteiger partial charge on any atom is -0.462 e. The van der Waals surface area contributed by atoms with Crippen LogP contribution in [-0.4, -0.2) is 38.7 Å². The molecule has 47 heavy (non-hydrogen) atoms. The average Bonchev–Trinajstić information content (AvgIpc) is 3.55. The Morgan fingerprint density at radius 1 is 0.894 bits per heavy atom. The van der Waals surface area contributed by atoms with Gasteiger partial charge in [-0.1, -0.05) is 42.5 Å². The molecular weight excluding hydrogens is 600 g/mol. The maximum absolute atomic E-state index is 13.2. The first-order chi connectivity index (χ1) is 22.7. The van der Waals surface area contributed by atoms with E-state index in [1.807, 2.05) is 47.3 Å². The molecule has 0 unspecified atom stereocenters. The number of rotatable bonds is 8. The zero-order chi connectivity index (χ0) is 33.1. The number of esters is 1. The summed E-state index contributed by atoms with van der Waals surface area (Å²) in [5.74, 6) is -0.967. The van der Waals surface area contributed by atoms with E-state index in [-0.39, 0.29) is 13.2 Å². The quantitative estimate of drug-likeness (QED) is 0.107. The number of aryl methyl sites for hydroxylation is 1. The van der Waals surface area contributed by atoms with Crippen molar-refractivity contribution in [2.75, 3.05) is 17.3 Å². The lowest BCUT2D eigenvalue weighted by molar-refractivity contribution is 0.0526. The van der Waals surface area contributed by atoms with E-state index in [0.717, 1.165) is 15.6 Å². The van der Waals surface area contributed by atoms with Gasteiger partial charge in [0, 0.05) is 41.0 Å². The number of carbonyl (C=O) groups excluding carboxylic acids is 3. The third-order valence-electron chi connectivity index (χ3n) is 7.62. The van der Waals surface area contributed by atoms with Crippen molar-refractivity contribution in [1.29, 1.82) is 0 Å². The third-order valence-corrected chi connectivity index (χ3v) is 7.62. The van der Waals surface area contributed by atoms with Crippen molar-refractivity contribution in [2.45, 2.75) is 20.4 Å². The van der Waals surface area contributed by atoms with Crippen molar-refractivity contribution in [3.05, 3.63) is 140 Å². The molecule has 0 aliphatic rings. The highest BCUT2D eigenvalue weighted by atomic mass is 16.5. The second-order valence-corrected chi connectivity index (χ2v) is 10.7. The Kier molecular flexibility index (Phi) is 8.39. The number of H-pyrrole nitrogens is 1. The molecule has 0 spiro atoms. The molecule has 6 rings (SSSR count). The maximum atomic E-state index is 13.2. The number of ether oxygens (including phenoxy) is 1. The van der Waals surface area contributed by atoms with Crippen LogP contribution in [0.15, 0.2) is 107 Å². The molecule has 0 aliphatic carbocycles. The van der Waals surface area contributed by atoms with Crippen LogP contribution in [-0.2, 0) is 11.3 Å². The molecule has 0 aliphatic heterocycles. The lowest BCUT2D eigenvalue weighted by Gasteiger charge is -2.16. The molecule has 2 heterocycles. The van der Waals surface area contributed by atoms with Gasteiger partial charge in [-0.15, -0.1) is 0 Å². The number of aromatic nitrogens is 3. The van der Waals surface area contributed by atoms with E-state index in [1.54, 1.807) is 68.4 Å². The average molecular weight is 631 g/mol. The Hall–Kier alpha value is -6.43. The van der Waals surface area contributed by atoms with Crippen LogP contribution in [0.5, 0.6) is 0 Å². The molecule has 236 valence electrons. The van der Waals surface area contributed by atoms with Gasteiger partial charge in [-0.05, 0) is 67.4 Å². The number of aromatic amines is 1. The van der Waals surface area contributed by atoms with Gasteiger partial charge in [0.1, 0.15) is 0 Å². The molecule has 4 N–H and O–H groups in total. The number of hydrogen-bond donors (Lipinski definition) is 4. The van der Waals surface area contributed by atoms with Crippen LogP contribution >= 0.6 is 0 Å². The van der Waals surface area contributed by atoms with Gasteiger partial charge in [-0.25, -0.2) is 14.3 Å². The van der Waals surface area contributed by atoms with Crippen molar-refractivity contribution in [3.8, 4) is 5.69 Å². The second-order valence-electron chi connectivity index (χ2n) is 10.7. The zero-order valence-corrected chi connectivity index (χ0v) is 25.5. The molecule has 0 bridgehead atoms. The molecule has 2 aromatic heterocycles. The fraction of sp³-hybridized carbons (Fsp3) is 0.114. The van der Waals surface area contributed by atoms with Crippen molar-refractivity contribution in [2.24, 2.45) is 0 Å². The number of nitrogens with one attached hydrogen (secondary N) is 4. The van der Waals surface area contributed by atoms with Crippen LogP contribution in [0.25, 0.3) is 27.5 Å². The summed E-state index contributed by atoms with van der Waals surface area (Å²) in [6.45, 7) is 3.99. The largest absolute Gasteiger partial charge is 0.462 e. The molecule has 12 heteroatoms. The molecule has 0 saturated carbocycles. The van der Waals surface area contributed by atoms with Gasteiger partial charge in [-0.2, -0.15) is 0 Å². The smallest absolute Gasteiger partial charge is 0.338 e. The number of anilines is 1. The van der Waals surface area contributed by atoms with Crippen LogP contribution in [0.1, 0.15) is 38.8 Å². The van der Waals surface area contributed by atoms with E-state index in [1.165, 1.54) is 0 Å². The Bertz CT molecular complexity index is 2280. The molecule has 6 aromatic rings. The zero-order valence-electron chi connectivity index (χ0n) is 25.5. The molecule has 12 nitrogen and oxygen atoms in total. The van der Waals surface area contributed by atoms with Crippen LogP contribution in [0.4, 0.5) is 10.5 Å². The SMILES string of the molecule is CCOC(=O)c1ccc(NC(=O)NCc2ccn(-c3cc4c([nH]c(=O)c(=O)n4NC(=O)c4ccccc4C)c4ccccc34)c2)cc1. The van der Waals surface area contributed by atoms with Crippen LogP contribution in [0.3, 0.4) is 0 Å². The fourth-order valence-electron chi connectivity index (χ4n) is 5.30. The van der Waals surface area contributed by atoms with Crippen LogP contribution < -0.4 is 27.2 Å². The van der Waals surface area contributed by atoms with E-state index in [0.29, 0.717) is 44.5 Å². The number of urea groups is 1. The fourth-order valence-corrected chi connectivity index (χ4v) is 5.30. The number of fused-ring (bicyclic) bond motifs is 3. The van der Waals surface area contributed by atoms with Crippen LogP contribution in [0, 0.1) is 6.92 Å². The summed E-state index contributed by atoms with van der Waals surface area (Å²) in [5.41, 5.74) is 4.95. The number of amides is 3. The van der Waals surface area contributed by atoms with Gasteiger partial charge in [0.15, 0.2) is 0 Å². The highest BCUT2D eigenvalue weighted by molar-refractivity contribution is 6.09. The van der Waals surface area contributed by atoms with Gasteiger partial charge < -0.3 is 24.9 Å². The van der Waals surface area contributed by atoms with Gasteiger partial charge in [0.2, 0.25) is 0 Å². The highest BCUT2D eigenvalue weighted by Crippen LogP contribution is 2.29. The Labute approximate surface area is 267 Å². The maximum Gasteiger partial charge on any atom is 0.338 e. The first-order valence-electron chi connectivity index (χ1n) is 14.8. The van der Waals surface area contributed by atoms with E-state index in [2.05, 4.69) is 21.0 Å². The number of carbonyl (C=O) groups is 3. The molecule has 3 amide bonds. The van der Waals surface area contributed by atoms with E-state index in [9.17, 15) is 24.0 Å². The first kappa shape index (κ1) is 30.6. The van der Waals surface area contributed by atoms with Gasteiger partial charge in [-0.3, -0.25) is 19.8 Å². The predicted molar refractivity (Wildman–Crippen MR) is 179 cm³/mol. The molecular formula is C35H30N6O6. The lowest BCUT2D eigenvalue weighted by Crippen LogP contribution is -2.42. The minimum atomic E-state index is -0.931. The number of benzene rings is 4. The van der Waals surface area contributed by atoms with Crippen LogP contribution in [0.2, 0.25) is 0 Å². The van der Waals surface area contributed by atoms with Gasteiger partial charge >= 0.3 is 23.1 Å². The Balaban J connectivity index is 1.28. The molecule has 0 fully saturated rings. The lowest BCUT2D eigenvalue weighted by atomic mass is 10.1. The summed E-state index contributed by atoms with van der Waals surface area (Å²) < 4.78 is 7.80. The number of hydrogen-bond acceptors (Lipinski definition) is 6. The summed E-state index contributed by atoms with van der Waals surface area (Å²) in [7, 11) is 0. The molecule has 0 atom stereocenters. The normalized spacial score (nSPS) is 10.9. The predicted octanol–water partition coefficient (Wildman–Crippen LogP) is 4.82. The van der Waals surface area contributed by atoms with E-state index < -0.39 is 29.0 Å². The second kappa shape index (κ2) is 12.9. The van der Waals surface area contributed by atoms with Gasteiger partial charge in [0.25, 0.3) is 5.91 Å². The summed E-state index contributed by atoms with van der Waals surface area (Å²) in [5, 5.41) is 7.00. The summed E-state index contributed by atoms with van der Waals surface area (Å²) in [6.07, 6.45) is 3.65. The molecule has 0 saturated heterocycles. The highest BCUT2D eigenvalue weighted by Gasteiger charge is 2.18. The van der Waals surface area contributed by atoms with Gasteiger partial charge in [0.05, 0.1) is 28.9 Å². The van der Waals surface area contributed by atoms with Crippen molar-refractivity contribution < 1.29 is 19.1 Å². The topological polar surface area (TPSA) is 156 Å². The monoisotopic (exact) mass is 630 g/mol. The first-order valence-corrected chi connectivity index (χ1v) is 14.8. The molecule has 4 aromatic carbocycles. The Morgan fingerprint density at radius 2 is 1.62 bits per heavy atom. The number of nitrogens with zero attached hydrogens (tertiary/aromatic N) is 2. The third kappa shape index (κ3) is 6.25. The summed E-state index contributed by atoms with van der Waals surface area (Å²) in [4.78, 5) is 66.2. The summed E-state index contributed by atoms with van der Waals surface area (Å²) >= 11 is 0.